The second kappa shape index (κ2) is 9.85. The smallest absolute Gasteiger partial charge is 0.191 e. The molecule has 1 heterocycles. The minimum Gasteiger partial charge on any atom is -0.356 e. The number of nitrogens with zero attached hydrogens (tertiary/aromatic N) is 2. The monoisotopic (exact) mass is 468 g/mol. The molecule has 1 aliphatic rings. The van der Waals surface area contributed by atoms with Gasteiger partial charge in [-0.05, 0) is 42.7 Å². The summed E-state index contributed by atoms with van der Waals surface area (Å²) in [7, 11) is 1.77. The van der Waals surface area contributed by atoms with E-state index in [1.54, 1.807) is 25.4 Å². The quantitative estimate of drug-likeness (QED) is 0.396. The number of nitrogens with one attached hydrogen (secondary N) is 2. The van der Waals surface area contributed by atoms with Crippen LogP contribution in [0, 0.1) is 5.82 Å². The van der Waals surface area contributed by atoms with Crippen molar-refractivity contribution >= 4 is 29.9 Å². The van der Waals surface area contributed by atoms with Gasteiger partial charge in [0.1, 0.15) is 5.82 Å². The molecule has 2 N–H and O–H groups in total. The summed E-state index contributed by atoms with van der Waals surface area (Å²) in [5.74, 6) is 0.580. The highest BCUT2D eigenvalue weighted by Gasteiger charge is 2.35. The number of aliphatic imine (C=N–C) groups is 1. The van der Waals surface area contributed by atoms with Crippen molar-refractivity contribution in [1.82, 2.24) is 15.6 Å². The molecule has 0 saturated heterocycles. The maximum absolute atomic E-state index is 13.3. The van der Waals surface area contributed by atoms with E-state index in [4.69, 9.17) is 0 Å². The van der Waals surface area contributed by atoms with E-state index in [1.165, 1.54) is 18.4 Å². The van der Waals surface area contributed by atoms with E-state index in [1.807, 2.05) is 30.3 Å². The average Bonchev–Trinajstić information content (AvgIpc) is 3.13. The molecule has 1 fully saturated rings. The van der Waals surface area contributed by atoms with Crippen LogP contribution in [0.3, 0.4) is 0 Å². The Labute approximate surface area is 171 Å². The first kappa shape index (κ1) is 20.6. The summed E-state index contributed by atoms with van der Waals surface area (Å²) in [6, 6.07) is 12.8. The molecule has 0 unspecified atom stereocenters. The molecule has 1 aromatic carbocycles. The number of hydrogen-bond donors (Lipinski definition) is 2. The largest absolute Gasteiger partial charge is 0.356 e. The summed E-state index contributed by atoms with van der Waals surface area (Å²) in [6.07, 6.45) is 6.43. The highest BCUT2D eigenvalue weighted by atomic mass is 127. The van der Waals surface area contributed by atoms with Gasteiger partial charge in [0.15, 0.2) is 5.96 Å². The van der Waals surface area contributed by atoms with Gasteiger partial charge in [-0.3, -0.25) is 9.98 Å². The van der Waals surface area contributed by atoms with Gasteiger partial charge < -0.3 is 10.6 Å². The summed E-state index contributed by atoms with van der Waals surface area (Å²) in [6.45, 7) is 1.42. The Morgan fingerprint density at radius 2 is 1.85 bits per heavy atom. The minimum atomic E-state index is -0.183. The van der Waals surface area contributed by atoms with Crippen LogP contribution < -0.4 is 10.6 Å². The van der Waals surface area contributed by atoms with Gasteiger partial charge in [-0.15, -0.1) is 24.0 Å². The van der Waals surface area contributed by atoms with Crippen molar-refractivity contribution in [2.75, 3.05) is 13.6 Å². The zero-order chi connectivity index (χ0) is 17.5. The van der Waals surface area contributed by atoms with Crippen LogP contribution in [0.5, 0.6) is 0 Å². The number of benzene rings is 1. The molecule has 0 radical (unpaired) electrons. The molecular formula is C20H26FIN4. The summed E-state index contributed by atoms with van der Waals surface area (Å²) < 4.78 is 13.3. The molecule has 0 spiro atoms. The predicted octanol–water partition coefficient (Wildman–Crippen LogP) is 4.02. The summed E-state index contributed by atoms with van der Waals surface area (Å²) in [5.41, 5.74) is 2.23. The molecule has 3 rings (SSSR count). The van der Waals surface area contributed by atoms with Crippen LogP contribution >= 0.6 is 24.0 Å². The van der Waals surface area contributed by atoms with Crippen molar-refractivity contribution in [1.29, 1.82) is 0 Å². The lowest BCUT2D eigenvalue weighted by Crippen LogP contribution is -2.44. The first-order chi connectivity index (χ1) is 12.2. The second-order valence-electron chi connectivity index (χ2n) is 6.59. The first-order valence-corrected chi connectivity index (χ1v) is 8.82. The van der Waals surface area contributed by atoms with Gasteiger partial charge in [-0.1, -0.05) is 31.0 Å². The fourth-order valence-electron chi connectivity index (χ4n) is 3.57. The normalized spacial score (nSPS) is 16.0. The van der Waals surface area contributed by atoms with Crippen LogP contribution in [0.25, 0.3) is 0 Å². The third kappa shape index (κ3) is 5.16. The Morgan fingerprint density at radius 3 is 2.46 bits per heavy atom. The Morgan fingerprint density at radius 1 is 1.12 bits per heavy atom. The number of rotatable bonds is 5. The summed E-state index contributed by atoms with van der Waals surface area (Å²) in [4.78, 5) is 8.62. The highest BCUT2D eigenvalue weighted by Crippen LogP contribution is 2.40. The third-order valence-electron chi connectivity index (χ3n) is 5.00. The van der Waals surface area contributed by atoms with E-state index < -0.39 is 0 Å². The van der Waals surface area contributed by atoms with Crippen molar-refractivity contribution in [3.8, 4) is 0 Å². The lowest BCUT2D eigenvalue weighted by atomic mass is 9.79. The third-order valence-corrected chi connectivity index (χ3v) is 5.00. The van der Waals surface area contributed by atoms with Gasteiger partial charge in [-0.2, -0.15) is 0 Å². The van der Waals surface area contributed by atoms with Crippen LogP contribution in [-0.4, -0.2) is 24.5 Å². The van der Waals surface area contributed by atoms with Crippen LogP contribution in [0.1, 0.15) is 36.9 Å². The first-order valence-electron chi connectivity index (χ1n) is 8.82. The second-order valence-corrected chi connectivity index (χ2v) is 6.59. The molecular weight excluding hydrogens is 442 g/mol. The SMILES string of the molecule is CN=C(NCc1ccccn1)NCC1(c2ccc(F)cc2)CCCC1.I. The van der Waals surface area contributed by atoms with Gasteiger partial charge in [0, 0.05) is 25.2 Å². The highest BCUT2D eigenvalue weighted by molar-refractivity contribution is 14.0. The average molecular weight is 468 g/mol. The fraction of sp³-hybridized carbons (Fsp3) is 0.400. The Hall–Kier alpha value is -1.70. The number of pyridine rings is 1. The molecule has 6 heteroatoms. The minimum absolute atomic E-state index is 0. The molecule has 26 heavy (non-hydrogen) atoms. The molecule has 0 bridgehead atoms. The van der Waals surface area contributed by atoms with Crippen LogP contribution in [-0.2, 0) is 12.0 Å². The fourth-order valence-corrected chi connectivity index (χ4v) is 3.57. The van der Waals surface area contributed by atoms with Gasteiger partial charge >= 0.3 is 0 Å². The van der Waals surface area contributed by atoms with Crippen LogP contribution in [0.15, 0.2) is 53.7 Å². The van der Waals surface area contributed by atoms with Crippen molar-refractivity contribution in [3.63, 3.8) is 0 Å². The van der Waals surface area contributed by atoms with Gasteiger partial charge in [0.25, 0.3) is 0 Å². The van der Waals surface area contributed by atoms with E-state index in [0.29, 0.717) is 6.54 Å². The maximum Gasteiger partial charge on any atom is 0.191 e. The standard InChI is InChI=1S/C20H25FN4.HI/c1-22-19(24-14-18-6-2-5-13-23-18)25-15-20(11-3-4-12-20)16-7-9-17(21)10-8-16;/h2,5-10,13H,3-4,11-12,14-15H2,1H3,(H2,22,24,25);1H. The van der Waals surface area contributed by atoms with Gasteiger partial charge in [-0.25, -0.2) is 4.39 Å². The van der Waals surface area contributed by atoms with Gasteiger partial charge in [0.2, 0.25) is 0 Å². The molecule has 0 amide bonds. The Bertz CT molecular complexity index is 698. The van der Waals surface area contributed by atoms with Crippen LogP contribution in [0.4, 0.5) is 4.39 Å². The topological polar surface area (TPSA) is 49.3 Å². The summed E-state index contributed by atoms with van der Waals surface area (Å²) in [5, 5.41) is 6.76. The lowest BCUT2D eigenvalue weighted by molar-refractivity contribution is 0.431. The molecule has 1 aliphatic carbocycles. The molecule has 140 valence electrons. The van der Waals surface area contributed by atoms with Crippen molar-refractivity contribution in [2.24, 2.45) is 4.99 Å². The van der Waals surface area contributed by atoms with E-state index in [0.717, 1.165) is 31.0 Å². The van der Waals surface area contributed by atoms with E-state index >= 15 is 0 Å². The van der Waals surface area contributed by atoms with Crippen molar-refractivity contribution in [2.45, 2.75) is 37.6 Å². The van der Waals surface area contributed by atoms with E-state index in [9.17, 15) is 4.39 Å². The number of hydrogen-bond acceptors (Lipinski definition) is 2. The van der Waals surface area contributed by atoms with Crippen molar-refractivity contribution < 1.29 is 4.39 Å². The maximum atomic E-state index is 13.3. The lowest BCUT2D eigenvalue weighted by Gasteiger charge is -2.30. The molecule has 2 aromatic rings. The van der Waals surface area contributed by atoms with E-state index in [-0.39, 0.29) is 35.2 Å². The molecule has 0 aliphatic heterocycles. The number of guanidine groups is 1. The predicted molar refractivity (Wildman–Crippen MR) is 114 cm³/mol. The molecule has 0 atom stereocenters. The number of halogens is 2. The molecule has 1 aromatic heterocycles. The zero-order valence-electron chi connectivity index (χ0n) is 15.0. The Kier molecular flexibility index (Phi) is 7.81. The van der Waals surface area contributed by atoms with Gasteiger partial charge in [0.05, 0.1) is 12.2 Å². The molecule has 4 nitrogen and oxygen atoms in total. The van der Waals surface area contributed by atoms with E-state index in [2.05, 4.69) is 20.6 Å². The Balaban J connectivity index is 0.00000243. The number of aromatic nitrogens is 1. The zero-order valence-corrected chi connectivity index (χ0v) is 17.4. The van der Waals surface area contributed by atoms with Crippen LogP contribution in [0.2, 0.25) is 0 Å². The molecule has 1 saturated carbocycles. The van der Waals surface area contributed by atoms with Crippen molar-refractivity contribution in [3.05, 3.63) is 65.7 Å². The summed E-state index contributed by atoms with van der Waals surface area (Å²) >= 11 is 0.